The standard InChI is InChI=1S/C20H24FN3OS/c1-13-22-16(12-26-13)11-24-18-4-2-3-5-20(25)23-17(18)10-19(24)14-6-8-15(21)9-7-14/h6-9,12,17-19H,2-5,10-11H2,1H3,(H,23,25)/t17-,18+,19+/m1/s1. The van der Waals surface area contributed by atoms with Gasteiger partial charge in [0.05, 0.1) is 10.7 Å². The Morgan fingerprint density at radius 1 is 1.31 bits per heavy atom. The molecule has 4 rings (SSSR count). The number of carbonyl (C=O) groups is 1. The predicted octanol–water partition coefficient (Wildman–Crippen LogP) is 3.97. The Labute approximate surface area is 157 Å². The second kappa shape index (κ2) is 7.45. The van der Waals surface area contributed by atoms with Gasteiger partial charge in [-0.3, -0.25) is 9.69 Å². The Hall–Kier alpha value is -1.79. The van der Waals surface area contributed by atoms with E-state index in [1.807, 2.05) is 19.1 Å². The number of hydrogen-bond donors (Lipinski definition) is 1. The largest absolute Gasteiger partial charge is 0.352 e. The SMILES string of the molecule is Cc1nc(CN2[C@H](c3ccc(F)cc3)C[C@H]3NC(=O)CCCC[C@@H]32)cs1. The van der Waals surface area contributed by atoms with Gasteiger partial charge in [-0.25, -0.2) is 9.37 Å². The molecule has 3 heterocycles. The minimum absolute atomic E-state index is 0.151. The lowest BCUT2D eigenvalue weighted by Crippen LogP contribution is -2.46. The summed E-state index contributed by atoms with van der Waals surface area (Å²) in [5.74, 6) is -0.0587. The molecular weight excluding hydrogens is 349 g/mol. The number of rotatable bonds is 3. The summed E-state index contributed by atoms with van der Waals surface area (Å²) in [5.41, 5.74) is 2.19. The molecule has 1 N–H and O–H groups in total. The second-order valence-corrected chi connectivity index (χ2v) is 8.38. The number of nitrogens with one attached hydrogen (secondary N) is 1. The van der Waals surface area contributed by atoms with E-state index < -0.39 is 0 Å². The first-order valence-electron chi connectivity index (χ1n) is 9.32. The molecular formula is C20H24FN3OS. The number of nitrogens with zero attached hydrogens (tertiary/aromatic N) is 2. The number of aromatic nitrogens is 1. The van der Waals surface area contributed by atoms with Crippen molar-refractivity contribution in [2.45, 2.75) is 63.7 Å². The number of hydrogen-bond acceptors (Lipinski definition) is 4. The number of fused-ring (bicyclic) bond motifs is 1. The van der Waals surface area contributed by atoms with Crippen molar-refractivity contribution in [3.8, 4) is 0 Å². The van der Waals surface area contributed by atoms with Crippen LogP contribution in [0.4, 0.5) is 4.39 Å². The molecule has 2 fully saturated rings. The highest BCUT2D eigenvalue weighted by Gasteiger charge is 2.42. The molecule has 138 valence electrons. The lowest BCUT2D eigenvalue weighted by atomic mass is 9.97. The van der Waals surface area contributed by atoms with Crippen molar-refractivity contribution in [3.63, 3.8) is 0 Å². The van der Waals surface area contributed by atoms with Crippen LogP contribution in [0.5, 0.6) is 0 Å². The van der Waals surface area contributed by atoms with Crippen LogP contribution in [0.15, 0.2) is 29.6 Å². The fourth-order valence-electron chi connectivity index (χ4n) is 4.34. The highest BCUT2D eigenvalue weighted by Crippen LogP contribution is 2.40. The average molecular weight is 373 g/mol. The van der Waals surface area contributed by atoms with Gasteiger partial charge < -0.3 is 5.32 Å². The van der Waals surface area contributed by atoms with E-state index in [1.165, 1.54) is 12.1 Å². The zero-order valence-electron chi connectivity index (χ0n) is 15.0. The first kappa shape index (κ1) is 17.6. The van der Waals surface area contributed by atoms with Crippen LogP contribution >= 0.6 is 11.3 Å². The third-order valence-corrected chi connectivity index (χ3v) is 6.36. The number of thiazole rings is 1. The number of likely N-dealkylation sites (tertiary alicyclic amines) is 1. The lowest BCUT2D eigenvalue weighted by molar-refractivity contribution is -0.122. The maximum Gasteiger partial charge on any atom is 0.220 e. The highest BCUT2D eigenvalue weighted by atomic mass is 32.1. The fourth-order valence-corrected chi connectivity index (χ4v) is 4.95. The Morgan fingerprint density at radius 3 is 2.85 bits per heavy atom. The molecule has 0 spiro atoms. The van der Waals surface area contributed by atoms with E-state index in [4.69, 9.17) is 0 Å². The smallest absolute Gasteiger partial charge is 0.220 e. The molecule has 26 heavy (non-hydrogen) atoms. The minimum Gasteiger partial charge on any atom is -0.352 e. The summed E-state index contributed by atoms with van der Waals surface area (Å²) >= 11 is 1.67. The molecule has 3 atom stereocenters. The van der Waals surface area contributed by atoms with Crippen LogP contribution in [0.1, 0.15) is 54.4 Å². The topological polar surface area (TPSA) is 45.2 Å². The summed E-state index contributed by atoms with van der Waals surface area (Å²) in [6.45, 7) is 2.79. The molecule has 0 aliphatic carbocycles. The van der Waals surface area contributed by atoms with E-state index in [0.717, 1.165) is 48.5 Å². The molecule has 0 radical (unpaired) electrons. The predicted molar refractivity (Wildman–Crippen MR) is 100 cm³/mol. The highest BCUT2D eigenvalue weighted by molar-refractivity contribution is 7.09. The zero-order valence-corrected chi connectivity index (χ0v) is 15.8. The van der Waals surface area contributed by atoms with Crippen molar-refractivity contribution < 1.29 is 9.18 Å². The third kappa shape index (κ3) is 3.67. The monoisotopic (exact) mass is 373 g/mol. The van der Waals surface area contributed by atoms with Gasteiger partial charge in [0.15, 0.2) is 0 Å². The Balaban J connectivity index is 1.65. The number of carbonyl (C=O) groups excluding carboxylic acids is 1. The number of aryl methyl sites for hydroxylation is 1. The van der Waals surface area contributed by atoms with E-state index in [-0.39, 0.29) is 23.8 Å². The maximum atomic E-state index is 13.4. The molecule has 6 heteroatoms. The van der Waals surface area contributed by atoms with Gasteiger partial charge in [0.25, 0.3) is 0 Å². The molecule has 1 aromatic heterocycles. The van der Waals surface area contributed by atoms with Gasteiger partial charge in [-0.05, 0) is 43.9 Å². The third-order valence-electron chi connectivity index (χ3n) is 5.53. The molecule has 1 amide bonds. The van der Waals surface area contributed by atoms with Gasteiger partial charge in [-0.15, -0.1) is 11.3 Å². The first-order chi connectivity index (χ1) is 12.6. The Kier molecular flexibility index (Phi) is 5.05. The number of benzene rings is 1. The molecule has 1 aromatic carbocycles. The van der Waals surface area contributed by atoms with Crippen molar-refractivity contribution in [1.82, 2.24) is 15.2 Å². The van der Waals surface area contributed by atoms with Gasteiger partial charge >= 0.3 is 0 Å². The van der Waals surface area contributed by atoms with Gasteiger partial charge in [0.1, 0.15) is 5.82 Å². The van der Waals surface area contributed by atoms with Crippen molar-refractivity contribution in [3.05, 3.63) is 51.7 Å². The van der Waals surface area contributed by atoms with Crippen molar-refractivity contribution >= 4 is 17.2 Å². The summed E-state index contributed by atoms with van der Waals surface area (Å²) in [6.07, 6.45) is 4.57. The minimum atomic E-state index is -0.215. The zero-order chi connectivity index (χ0) is 18.1. The quantitative estimate of drug-likeness (QED) is 0.886. The van der Waals surface area contributed by atoms with Crippen molar-refractivity contribution in [2.75, 3.05) is 0 Å². The number of halogens is 1. The van der Waals surface area contributed by atoms with E-state index in [2.05, 4.69) is 20.6 Å². The molecule has 2 aliphatic heterocycles. The molecule has 2 aliphatic rings. The van der Waals surface area contributed by atoms with Crippen LogP contribution in [-0.2, 0) is 11.3 Å². The van der Waals surface area contributed by atoms with Crippen molar-refractivity contribution in [1.29, 1.82) is 0 Å². The number of amides is 1. The molecule has 0 unspecified atom stereocenters. The van der Waals surface area contributed by atoms with Crippen LogP contribution in [-0.4, -0.2) is 27.9 Å². The Morgan fingerprint density at radius 2 is 2.12 bits per heavy atom. The molecule has 2 saturated heterocycles. The summed E-state index contributed by atoms with van der Waals surface area (Å²) < 4.78 is 13.4. The van der Waals surface area contributed by atoms with Gasteiger partial charge in [0.2, 0.25) is 5.91 Å². The van der Waals surface area contributed by atoms with Crippen LogP contribution in [0, 0.1) is 12.7 Å². The molecule has 0 saturated carbocycles. The lowest BCUT2D eigenvalue weighted by Gasteiger charge is -2.32. The molecule has 4 nitrogen and oxygen atoms in total. The fraction of sp³-hybridized carbons (Fsp3) is 0.500. The van der Waals surface area contributed by atoms with Crippen LogP contribution < -0.4 is 5.32 Å². The molecule has 2 aromatic rings. The summed E-state index contributed by atoms with van der Waals surface area (Å²) in [4.78, 5) is 19.3. The van der Waals surface area contributed by atoms with E-state index in [1.54, 1.807) is 11.3 Å². The van der Waals surface area contributed by atoms with Crippen LogP contribution in [0.3, 0.4) is 0 Å². The Bertz CT molecular complexity index is 776. The van der Waals surface area contributed by atoms with E-state index in [9.17, 15) is 9.18 Å². The summed E-state index contributed by atoms with van der Waals surface area (Å²) in [5, 5.41) is 6.43. The second-order valence-electron chi connectivity index (χ2n) is 7.32. The summed E-state index contributed by atoms with van der Waals surface area (Å²) in [6, 6.07) is 7.43. The molecule has 0 bridgehead atoms. The van der Waals surface area contributed by atoms with Gasteiger partial charge in [-0.1, -0.05) is 18.6 Å². The summed E-state index contributed by atoms with van der Waals surface area (Å²) in [7, 11) is 0. The van der Waals surface area contributed by atoms with E-state index >= 15 is 0 Å². The van der Waals surface area contributed by atoms with E-state index in [0.29, 0.717) is 12.5 Å². The van der Waals surface area contributed by atoms with Gasteiger partial charge in [-0.2, -0.15) is 0 Å². The first-order valence-corrected chi connectivity index (χ1v) is 10.2. The van der Waals surface area contributed by atoms with Crippen molar-refractivity contribution in [2.24, 2.45) is 0 Å². The normalized spacial score (nSPS) is 26.8. The van der Waals surface area contributed by atoms with Crippen LogP contribution in [0.25, 0.3) is 0 Å². The average Bonchev–Trinajstić information content (AvgIpc) is 3.15. The van der Waals surface area contributed by atoms with Crippen LogP contribution in [0.2, 0.25) is 0 Å². The maximum absolute atomic E-state index is 13.4. The van der Waals surface area contributed by atoms with Gasteiger partial charge in [0, 0.05) is 36.5 Å².